The Balaban J connectivity index is 2.22. The van der Waals surface area contributed by atoms with Gasteiger partial charge in [-0.25, -0.2) is 0 Å². The zero-order valence-corrected chi connectivity index (χ0v) is 9.42. The monoisotopic (exact) mass is 220 g/mol. The van der Waals surface area contributed by atoms with E-state index in [0.717, 1.165) is 34.9 Å². The number of ether oxygens (including phenoxy) is 1. The van der Waals surface area contributed by atoms with Gasteiger partial charge in [-0.05, 0) is 37.5 Å². The first-order valence-electron chi connectivity index (χ1n) is 5.06. The molecule has 0 fully saturated rings. The smallest absolute Gasteiger partial charge is 0.141 e. The first-order valence-corrected chi connectivity index (χ1v) is 5.44. The van der Waals surface area contributed by atoms with Crippen LogP contribution in [0.15, 0.2) is 47.2 Å². The van der Waals surface area contributed by atoms with Gasteiger partial charge in [0.15, 0.2) is 0 Å². The maximum Gasteiger partial charge on any atom is 0.141 e. The molecule has 2 heteroatoms. The van der Waals surface area contributed by atoms with Crippen LogP contribution in [-0.2, 0) is 0 Å². The molecule has 1 aliphatic rings. The summed E-state index contributed by atoms with van der Waals surface area (Å²) in [7, 11) is 0. The predicted molar refractivity (Wildman–Crippen MR) is 63.1 cm³/mol. The largest absolute Gasteiger partial charge is 0.456 e. The zero-order chi connectivity index (χ0) is 10.7. The fraction of sp³-hybridized carbons (Fsp3) is 0.231. The van der Waals surface area contributed by atoms with Gasteiger partial charge in [0.2, 0.25) is 0 Å². The Bertz CT molecular complexity index is 418. The van der Waals surface area contributed by atoms with Gasteiger partial charge >= 0.3 is 0 Å². The van der Waals surface area contributed by atoms with Gasteiger partial charge in [0, 0.05) is 0 Å². The summed E-state index contributed by atoms with van der Waals surface area (Å²) in [6, 6.07) is 7.93. The van der Waals surface area contributed by atoms with Crippen LogP contribution in [0.5, 0.6) is 5.75 Å². The van der Waals surface area contributed by atoms with E-state index in [4.69, 9.17) is 16.3 Å². The average molecular weight is 221 g/mol. The van der Waals surface area contributed by atoms with E-state index in [0.29, 0.717) is 0 Å². The third-order valence-electron chi connectivity index (χ3n) is 2.38. The fourth-order valence-electron chi connectivity index (χ4n) is 1.49. The first kappa shape index (κ1) is 10.3. The van der Waals surface area contributed by atoms with Gasteiger partial charge < -0.3 is 4.74 Å². The molecule has 0 heterocycles. The minimum Gasteiger partial charge on any atom is -0.456 e. The van der Waals surface area contributed by atoms with Crippen LogP contribution >= 0.6 is 11.6 Å². The van der Waals surface area contributed by atoms with E-state index in [9.17, 15) is 0 Å². The summed E-state index contributed by atoms with van der Waals surface area (Å²) in [5.41, 5.74) is 1.12. The minimum absolute atomic E-state index is 0.775. The summed E-state index contributed by atoms with van der Waals surface area (Å²) < 4.78 is 5.76. The molecule has 0 N–H and O–H groups in total. The maximum absolute atomic E-state index is 6.09. The number of halogens is 1. The second kappa shape index (κ2) is 4.54. The van der Waals surface area contributed by atoms with E-state index in [2.05, 4.69) is 6.08 Å². The molecule has 0 unspecified atom stereocenters. The molecule has 0 radical (unpaired) electrons. The molecule has 0 atom stereocenters. The highest BCUT2D eigenvalue weighted by Gasteiger charge is 2.09. The molecule has 15 heavy (non-hydrogen) atoms. The van der Waals surface area contributed by atoms with Gasteiger partial charge in [-0.1, -0.05) is 35.9 Å². The Labute approximate surface area is 95.0 Å². The van der Waals surface area contributed by atoms with Crippen LogP contribution in [-0.4, -0.2) is 0 Å². The van der Waals surface area contributed by atoms with Gasteiger partial charge in [-0.15, -0.1) is 0 Å². The molecule has 1 aliphatic carbocycles. The van der Waals surface area contributed by atoms with Crippen molar-refractivity contribution in [2.24, 2.45) is 0 Å². The topological polar surface area (TPSA) is 9.23 Å². The highest BCUT2D eigenvalue weighted by atomic mass is 35.5. The minimum atomic E-state index is 0.775. The van der Waals surface area contributed by atoms with Crippen molar-refractivity contribution in [3.63, 3.8) is 0 Å². The number of aryl methyl sites for hydroxylation is 1. The molecular formula is C13H13ClO. The summed E-state index contributed by atoms with van der Waals surface area (Å²) in [6.45, 7) is 2.02. The highest BCUT2D eigenvalue weighted by molar-refractivity contribution is 6.30. The summed E-state index contributed by atoms with van der Waals surface area (Å²) in [4.78, 5) is 0. The molecule has 0 bridgehead atoms. The Morgan fingerprint density at radius 1 is 1.27 bits per heavy atom. The van der Waals surface area contributed by atoms with Crippen LogP contribution < -0.4 is 4.74 Å². The molecule has 1 nitrogen and oxygen atoms in total. The Morgan fingerprint density at radius 2 is 2.07 bits per heavy atom. The second-order valence-corrected chi connectivity index (χ2v) is 4.03. The lowest BCUT2D eigenvalue weighted by molar-refractivity contribution is 0.433. The van der Waals surface area contributed by atoms with Crippen molar-refractivity contribution in [3.8, 4) is 5.75 Å². The summed E-state index contributed by atoms with van der Waals surface area (Å²) >= 11 is 6.09. The van der Waals surface area contributed by atoms with Crippen molar-refractivity contribution in [1.29, 1.82) is 0 Å². The molecule has 0 saturated carbocycles. The van der Waals surface area contributed by atoms with E-state index in [1.165, 1.54) is 0 Å². The van der Waals surface area contributed by atoms with Gasteiger partial charge in [0.1, 0.15) is 11.5 Å². The molecular weight excluding hydrogens is 208 g/mol. The van der Waals surface area contributed by atoms with Crippen molar-refractivity contribution >= 4 is 11.6 Å². The third-order valence-corrected chi connectivity index (χ3v) is 2.76. The molecule has 0 saturated heterocycles. The Morgan fingerprint density at radius 3 is 2.80 bits per heavy atom. The van der Waals surface area contributed by atoms with Crippen LogP contribution in [0.1, 0.15) is 18.4 Å². The lowest BCUT2D eigenvalue weighted by atomic mass is 10.1. The van der Waals surface area contributed by atoms with Crippen LogP contribution in [0.4, 0.5) is 0 Å². The third kappa shape index (κ3) is 2.42. The Kier molecular flexibility index (Phi) is 3.12. The van der Waals surface area contributed by atoms with Gasteiger partial charge in [0.05, 0.1) is 5.03 Å². The van der Waals surface area contributed by atoms with Crippen LogP contribution in [0.3, 0.4) is 0 Å². The van der Waals surface area contributed by atoms with Crippen molar-refractivity contribution in [2.75, 3.05) is 0 Å². The number of rotatable bonds is 2. The molecule has 2 rings (SSSR count). The SMILES string of the molecule is Cc1ccccc1OC1=C(Cl)CCC=C1. The number of hydrogen-bond acceptors (Lipinski definition) is 1. The average Bonchev–Trinajstić information content (AvgIpc) is 2.24. The predicted octanol–water partition coefficient (Wildman–Crippen LogP) is 4.17. The normalized spacial score (nSPS) is 15.6. The van der Waals surface area contributed by atoms with E-state index in [1.807, 2.05) is 37.3 Å². The fourth-order valence-corrected chi connectivity index (χ4v) is 1.70. The number of benzene rings is 1. The summed E-state index contributed by atoms with van der Waals surface area (Å²) in [5.74, 6) is 1.65. The van der Waals surface area contributed by atoms with Crippen molar-refractivity contribution in [1.82, 2.24) is 0 Å². The van der Waals surface area contributed by atoms with Crippen LogP contribution in [0.25, 0.3) is 0 Å². The van der Waals surface area contributed by atoms with Gasteiger partial charge in [-0.2, -0.15) is 0 Å². The summed E-state index contributed by atoms with van der Waals surface area (Å²) in [6.07, 6.45) is 5.90. The number of para-hydroxylation sites is 1. The van der Waals surface area contributed by atoms with Crippen LogP contribution in [0.2, 0.25) is 0 Å². The second-order valence-electron chi connectivity index (χ2n) is 3.58. The molecule has 0 amide bonds. The van der Waals surface area contributed by atoms with E-state index in [1.54, 1.807) is 0 Å². The zero-order valence-electron chi connectivity index (χ0n) is 8.66. The first-order chi connectivity index (χ1) is 7.27. The van der Waals surface area contributed by atoms with E-state index >= 15 is 0 Å². The Hall–Kier alpha value is -1.21. The standard InChI is InChI=1S/C13H13ClO/c1-10-6-2-4-8-12(10)15-13-9-5-3-7-11(13)14/h2,4-6,8-9H,3,7H2,1H3. The van der Waals surface area contributed by atoms with Crippen LogP contribution in [0, 0.1) is 6.92 Å². The lowest BCUT2D eigenvalue weighted by Gasteiger charge is -2.13. The highest BCUT2D eigenvalue weighted by Crippen LogP contribution is 2.26. The molecule has 0 aliphatic heterocycles. The summed E-state index contributed by atoms with van der Waals surface area (Å²) in [5, 5.41) is 0.806. The molecule has 0 aromatic heterocycles. The van der Waals surface area contributed by atoms with Crippen molar-refractivity contribution < 1.29 is 4.74 Å². The van der Waals surface area contributed by atoms with Crippen molar-refractivity contribution in [3.05, 3.63) is 52.8 Å². The van der Waals surface area contributed by atoms with Gasteiger partial charge in [-0.3, -0.25) is 0 Å². The van der Waals surface area contributed by atoms with E-state index < -0.39 is 0 Å². The molecule has 78 valence electrons. The molecule has 0 spiro atoms. The molecule has 1 aromatic rings. The number of allylic oxidation sites excluding steroid dienone is 3. The quantitative estimate of drug-likeness (QED) is 0.727. The van der Waals surface area contributed by atoms with Gasteiger partial charge in [0.25, 0.3) is 0 Å². The maximum atomic E-state index is 6.09. The number of hydrogen-bond donors (Lipinski definition) is 0. The van der Waals surface area contributed by atoms with Crippen molar-refractivity contribution in [2.45, 2.75) is 19.8 Å². The van der Waals surface area contributed by atoms with E-state index in [-0.39, 0.29) is 0 Å². The molecule has 1 aromatic carbocycles. The lowest BCUT2D eigenvalue weighted by Crippen LogP contribution is -1.99.